The third-order valence-electron chi connectivity index (χ3n) is 4.11. The van der Waals surface area contributed by atoms with Gasteiger partial charge in [0.25, 0.3) is 11.5 Å². The van der Waals surface area contributed by atoms with Gasteiger partial charge in [0.2, 0.25) is 0 Å². The fraction of sp³-hybridized carbons (Fsp3) is 0.0500. The fourth-order valence-corrected chi connectivity index (χ4v) is 3.68. The highest BCUT2D eigenvalue weighted by Gasteiger charge is 2.09. The molecule has 9 heteroatoms. The number of halogens is 2. The average molecular weight is 539 g/mol. The predicted octanol–water partition coefficient (Wildman–Crippen LogP) is 4.29. The summed E-state index contributed by atoms with van der Waals surface area (Å²) in [6.07, 6.45) is 5.27. The van der Waals surface area contributed by atoms with Crippen molar-refractivity contribution in [1.29, 1.82) is 0 Å². The summed E-state index contributed by atoms with van der Waals surface area (Å²) in [5.41, 5.74) is 2.35. The maximum absolute atomic E-state index is 12.1. The van der Waals surface area contributed by atoms with Crippen molar-refractivity contribution in [2.75, 3.05) is 0 Å². The lowest BCUT2D eigenvalue weighted by atomic mass is 10.2. The van der Waals surface area contributed by atoms with Crippen LogP contribution in [0.1, 0.15) is 15.4 Å². The van der Waals surface area contributed by atoms with Gasteiger partial charge in [-0.15, -0.1) is 35.3 Å². The molecule has 1 N–H and O–H groups in total. The largest absolute Gasteiger partial charge is 0.346 e. The molecule has 29 heavy (non-hydrogen) atoms. The van der Waals surface area contributed by atoms with Crippen molar-refractivity contribution in [3.8, 4) is 11.4 Å². The third kappa shape index (κ3) is 4.95. The lowest BCUT2D eigenvalue weighted by Crippen LogP contribution is -2.21. The van der Waals surface area contributed by atoms with E-state index in [1.54, 1.807) is 35.3 Å². The van der Waals surface area contributed by atoms with Gasteiger partial charge in [-0.25, -0.2) is 4.98 Å². The van der Waals surface area contributed by atoms with Crippen molar-refractivity contribution in [3.63, 3.8) is 0 Å². The quantitative estimate of drug-likeness (QED) is 0.386. The molecule has 0 aliphatic heterocycles. The Balaban J connectivity index is 0.00000240. The summed E-state index contributed by atoms with van der Waals surface area (Å²) in [7, 11) is 0. The minimum absolute atomic E-state index is 0. The molecule has 6 nitrogen and oxygen atoms in total. The van der Waals surface area contributed by atoms with E-state index in [2.05, 4.69) is 10.3 Å². The number of hydrogen-bond donors (Lipinski definition) is 1. The van der Waals surface area contributed by atoms with E-state index >= 15 is 0 Å². The molecule has 0 atom stereocenters. The number of nitrogens with zero attached hydrogens (tertiary/aromatic N) is 3. The summed E-state index contributed by atoms with van der Waals surface area (Å²) >= 11 is 7.09. The molecule has 148 valence electrons. The van der Waals surface area contributed by atoms with Gasteiger partial charge in [-0.2, -0.15) is 0 Å². The summed E-state index contributed by atoms with van der Waals surface area (Å²) < 4.78 is 4.02. The number of benzene rings is 1. The monoisotopic (exact) mass is 538 g/mol. The first-order valence-electron chi connectivity index (χ1n) is 8.45. The molecule has 1 amide bonds. The van der Waals surface area contributed by atoms with Crippen LogP contribution in [0.4, 0.5) is 0 Å². The molecule has 0 saturated carbocycles. The zero-order chi connectivity index (χ0) is 19.5. The van der Waals surface area contributed by atoms with Crippen LogP contribution in [0, 0.1) is 0 Å². The molecule has 0 radical (unpaired) electrons. The number of nitrogens with one attached hydrogen (secondary N) is 1. The molecule has 0 aliphatic carbocycles. The molecule has 0 unspecified atom stereocenters. The summed E-state index contributed by atoms with van der Waals surface area (Å²) in [6.45, 7) is 0.318. The van der Waals surface area contributed by atoms with Crippen LogP contribution < -0.4 is 10.9 Å². The van der Waals surface area contributed by atoms with Gasteiger partial charge in [0.1, 0.15) is 0 Å². The molecular formula is C20H16ClIN4O2S. The van der Waals surface area contributed by atoms with Gasteiger partial charge in [-0.1, -0.05) is 17.7 Å². The third-order valence-corrected chi connectivity index (χ3v) is 5.34. The van der Waals surface area contributed by atoms with Crippen molar-refractivity contribution in [3.05, 3.63) is 98.6 Å². The number of amides is 1. The normalized spacial score (nSPS) is 10.4. The second-order valence-corrected chi connectivity index (χ2v) is 7.70. The van der Waals surface area contributed by atoms with Crippen molar-refractivity contribution in [1.82, 2.24) is 19.4 Å². The number of aromatic nitrogens is 3. The Bertz CT molecular complexity index is 1180. The Labute approximate surface area is 192 Å². The Hall–Kier alpha value is -2.43. The summed E-state index contributed by atoms with van der Waals surface area (Å²) in [5.74, 6) is -0.177. The molecule has 0 saturated heterocycles. The lowest BCUT2D eigenvalue weighted by molar-refractivity contribution is 0.0954. The molecule has 4 aromatic rings. The van der Waals surface area contributed by atoms with E-state index in [-0.39, 0.29) is 35.4 Å². The zero-order valence-electron chi connectivity index (χ0n) is 15.0. The van der Waals surface area contributed by atoms with Gasteiger partial charge < -0.3 is 9.88 Å². The second-order valence-electron chi connectivity index (χ2n) is 5.98. The van der Waals surface area contributed by atoms with Gasteiger partial charge in [-0.3, -0.25) is 14.2 Å². The van der Waals surface area contributed by atoms with E-state index in [9.17, 15) is 9.59 Å². The smallest absolute Gasteiger partial charge is 0.261 e. The highest BCUT2D eigenvalue weighted by molar-refractivity contribution is 14.0. The fourth-order valence-electron chi connectivity index (χ4n) is 2.72. The van der Waals surface area contributed by atoms with Crippen LogP contribution in [0.15, 0.2) is 78.1 Å². The van der Waals surface area contributed by atoms with Gasteiger partial charge >= 0.3 is 0 Å². The molecule has 0 spiro atoms. The average Bonchev–Trinajstić information content (AvgIpc) is 3.36. The lowest BCUT2D eigenvalue weighted by Gasteiger charge is -2.07. The number of carbonyl (C=O) groups is 1. The number of thiophene rings is 1. The van der Waals surface area contributed by atoms with Crippen LogP contribution in [-0.4, -0.2) is 20.0 Å². The first-order chi connectivity index (χ1) is 13.6. The molecule has 1 aromatic carbocycles. The van der Waals surface area contributed by atoms with Crippen LogP contribution in [0.25, 0.3) is 11.4 Å². The Morgan fingerprint density at radius 3 is 2.52 bits per heavy atom. The van der Waals surface area contributed by atoms with Crippen LogP contribution in [0.3, 0.4) is 0 Å². The number of hydrogen-bond acceptors (Lipinski definition) is 4. The topological polar surface area (TPSA) is 68.9 Å². The highest BCUT2D eigenvalue weighted by Crippen LogP contribution is 2.21. The van der Waals surface area contributed by atoms with E-state index in [4.69, 9.17) is 11.6 Å². The maximum atomic E-state index is 12.1. The maximum Gasteiger partial charge on any atom is 0.261 e. The standard InChI is InChI=1S/C20H15ClN4O2S.HI/c21-18-9-8-17(28-18)20(27)22-11-14-12-24(13-23-14)15-4-6-16(7-5-15)25-10-2-1-3-19(25)26;/h1-10,12-13H,11H2,(H,22,27);1H. The molecule has 4 rings (SSSR count). The summed E-state index contributed by atoms with van der Waals surface area (Å²) in [4.78, 5) is 28.9. The van der Waals surface area contributed by atoms with Gasteiger partial charge in [0, 0.05) is 29.8 Å². The van der Waals surface area contributed by atoms with Crippen LogP contribution in [0.5, 0.6) is 0 Å². The number of rotatable bonds is 5. The molecule has 0 aliphatic rings. The molecule has 0 fully saturated rings. The van der Waals surface area contributed by atoms with Crippen LogP contribution in [-0.2, 0) is 6.54 Å². The number of carbonyl (C=O) groups excluding carboxylic acids is 1. The van der Waals surface area contributed by atoms with E-state index in [1.165, 1.54) is 17.4 Å². The predicted molar refractivity (Wildman–Crippen MR) is 125 cm³/mol. The first-order valence-corrected chi connectivity index (χ1v) is 9.64. The van der Waals surface area contributed by atoms with E-state index in [0.29, 0.717) is 15.8 Å². The number of imidazole rings is 1. The van der Waals surface area contributed by atoms with E-state index < -0.39 is 0 Å². The SMILES string of the molecule is I.O=C(NCc1cn(-c2ccc(-n3ccccc3=O)cc2)cn1)c1ccc(Cl)s1. The Morgan fingerprint density at radius 1 is 1.07 bits per heavy atom. The summed E-state index contributed by atoms with van der Waals surface area (Å²) in [5, 5.41) is 2.83. The molecule has 3 heterocycles. The van der Waals surface area contributed by atoms with Crippen LogP contribution >= 0.6 is 46.9 Å². The zero-order valence-corrected chi connectivity index (χ0v) is 18.9. The molecular weight excluding hydrogens is 523 g/mol. The van der Waals surface area contributed by atoms with Crippen molar-refractivity contribution in [2.45, 2.75) is 6.54 Å². The van der Waals surface area contributed by atoms with Gasteiger partial charge in [-0.05, 0) is 42.5 Å². The van der Waals surface area contributed by atoms with Crippen molar-refractivity contribution in [2.24, 2.45) is 0 Å². The highest BCUT2D eigenvalue weighted by atomic mass is 127. The van der Waals surface area contributed by atoms with Gasteiger partial charge in [0.15, 0.2) is 0 Å². The van der Waals surface area contributed by atoms with E-state index in [1.807, 2.05) is 41.1 Å². The first kappa shape index (κ1) is 21.3. The minimum atomic E-state index is -0.177. The van der Waals surface area contributed by atoms with Gasteiger partial charge in [0.05, 0.1) is 27.8 Å². The van der Waals surface area contributed by atoms with Crippen LogP contribution in [0.2, 0.25) is 4.34 Å². The van der Waals surface area contributed by atoms with E-state index in [0.717, 1.165) is 17.1 Å². The summed E-state index contributed by atoms with van der Waals surface area (Å²) in [6, 6.07) is 16.0. The minimum Gasteiger partial charge on any atom is -0.346 e. The second kappa shape index (κ2) is 9.38. The van der Waals surface area contributed by atoms with Crippen molar-refractivity contribution < 1.29 is 4.79 Å². The molecule has 0 bridgehead atoms. The Morgan fingerprint density at radius 2 is 1.83 bits per heavy atom. The number of pyridine rings is 1. The van der Waals surface area contributed by atoms with Crippen molar-refractivity contribution >= 4 is 52.8 Å². The molecule has 3 aromatic heterocycles. The Kier molecular flexibility index (Phi) is 6.88.